The second-order valence-electron chi connectivity index (χ2n) is 10.2. The molecule has 5 nitrogen and oxygen atoms in total. The molecule has 1 aliphatic carbocycles. The van der Waals surface area contributed by atoms with Gasteiger partial charge in [0.2, 0.25) is 0 Å². The van der Waals surface area contributed by atoms with Crippen LogP contribution in [0.1, 0.15) is 96.1 Å². The fourth-order valence-corrected chi connectivity index (χ4v) is 4.24. The van der Waals surface area contributed by atoms with E-state index < -0.39 is 0 Å². The maximum Gasteiger partial charge on any atom is 0.293 e. The molecule has 1 aromatic rings. The Balaban J connectivity index is 0.00000117. The molecule has 2 rings (SSSR count). The van der Waals surface area contributed by atoms with Crippen molar-refractivity contribution in [1.29, 1.82) is 0 Å². The van der Waals surface area contributed by atoms with Gasteiger partial charge in [-0.05, 0) is 75.8 Å². The van der Waals surface area contributed by atoms with Crippen LogP contribution in [0.3, 0.4) is 0 Å². The normalized spacial score (nSPS) is 16.5. The standard InChI is InChI=1S/C23H34O4.C4H8O.C4H8/c1-2-3-4-5-19-6-10-22(11-7-19)23-12-8-20(9-13-23)14-21(15-26-17-24)16-27-18-25;1-4(2)3-5;1-4(2)3/h8-9,12-13,17-19,21-22H,2-7,10-11,14-16H2,1H3;5H,1,3H2,2H3;1H2,2-3H3. The molecular weight excluding hydrogens is 452 g/mol. The van der Waals surface area contributed by atoms with Crippen molar-refractivity contribution in [3.8, 4) is 0 Å². The predicted octanol–water partition coefficient (Wildman–Crippen LogP) is 7.18. The summed E-state index contributed by atoms with van der Waals surface area (Å²) in [6.07, 6.45) is 11.6. The van der Waals surface area contributed by atoms with Gasteiger partial charge >= 0.3 is 0 Å². The number of allylic oxidation sites excluding steroid dienone is 1. The van der Waals surface area contributed by atoms with Crippen molar-refractivity contribution in [3.63, 3.8) is 0 Å². The molecule has 1 saturated carbocycles. The number of carbonyl (C=O) groups is 2. The largest absolute Gasteiger partial charge is 0.467 e. The number of unbranched alkanes of at least 4 members (excludes halogenated alkanes) is 2. The third-order valence-electron chi connectivity index (χ3n) is 6.11. The summed E-state index contributed by atoms with van der Waals surface area (Å²) in [4.78, 5) is 20.8. The molecule has 36 heavy (non-hydrogen) atoms. The van der Waals surface area contributed by atoms with E-state index in [1.165, 1.54) is 68.1 Å². The van der Waals surface area contributed by atoms with Crippen LogP contribution in [0.2, 0.25) is 0 Å². The van der Waals surface area contributed by atoms with Crippen LogP contribution >= 0.6 is 0 Å². The van der Waals surface area contributed by atoms with Crippen LogP contribution in [0.25, 0.3) is 0 Å². The third-order valence-corrected chi connectivity index (χ3v) is 6.11. The van der Waals surface area contributed by atoms with E-state index in [4.69, 9.17) is 14.6 Å². The fourth-order valence-electron chi connectivity index (χ4n) is 4.24. The van der Waals surface area contributed by atoms with Crippen LogP contribution < -0.4 is 0 Å². The first-order chi connectivity index (χ1) is 17.3. The highest BCUT2D eigenvalue weighted by molar-refractivity contribution is 5.37. The second-order valence-corrected chi connectivity index (χ2v) is 10.2. The minimum absolute atomic E-state index is 0.00944. The Kier molecular flexibility index (Phi) is 20.4. The first-order valence-corrected chi connectivity index (χ1v) is 13.3. The van der Waals surface area contributed by atoms with E-state index in [-0.39, 0.29) is 25.7 Å². The molecule has 0 aliphatic heterocycles. The Bertz CT molecular complexity index is 701. The molecule has 0 bridgehead atoms. The number of aliphatic hydroxyl groups is 1. The first kappa shape index (κ1) is 33.6. The van der Waals surface area contributed by atoms with Crippen LogP contribution in [-0.2, 0) is 25.5 Å². The molecule has 0 atom stereocenters. The van der Waals surface area contributed by atoms with E-state index in [1.807, 2.05) is 13.8 Å². The van der Waals surface area contributed by atoms with Crippen molar-refractivity contribution in [1.82, 2.24) is 0 Å². The number of ether oxygens (including phenoxy) is 2. The van der Waals surface area contributed by atoms with Crippen molar-refractivity contribution >= 4 is 12.9 Å². The summed E-state index contributed by atoms with van der Waals surface area (Å²) in [6, 6.07) is 8.82. The van der Waals surface area contributed by atoms with Crippen LogP contribution in [0.15, 0.2) is 48.6 Å². The van der Waals surface area contributed by atoms with Gasteiger partial charge in [0, 0.05) is 5.92 Å². The first-order valence-electron chi connectivity index (χ1n) is 13.3. The number of hydrogen-bond donors (Lipinski definition) is 1. The average Bonchev–Trinajstić information content (AvgIpc) is 2.86. The van der Waals surface area contributed by atoms with Gasteiger partial charge in [-0.15, -0.1) is 6.58 Å². The van der Waals surface area contributed by atoms with Crippen molar-refractivity contribution in [3.05, 3.63) is 59.7 Å². The Morgan fingerprint density at radius 2 is 1.47 bits per heavy atom. The second kappa shape index (κ2) is 21.8. The maximum atomic E-state index is 10.4. The lowest BCUT2D eigenvalue weighted by Crippen LogP contribution is -2.18. The lowest BCUT2D eigenvalue weighted by molar-refractivity contribution is -0.133. The SMILES string of the molecule is C=C(C)C.C=C(C)CO.CCCCCC1CCC(c2ccc(CC(COC=O)COC=O)cc2)CC1. The maximum absolute atomic E-state index is 10.4. The van der Waals surface area contributed by atoms with Crippen molar-refractivity contribution < 1.29 is 24.2 Å². The Labute approximate surface area is 220 Å². The zero-order valence-electron chi connectivity index (χ0n) is 23.2. The van der Waals surface area contributed by atoms with Gasteiger partial charge in [0.15, 0.2) is 0 Å². The minimum atomic E-state index is -0.00944. The van der Waals surface area contributed by atoms with Gasteiger partial charge in [0.05, 0.1) is 19.8 Å². The molecule has 0 saturated heterocycles. The highest BCUT2D eigenvalue weighted by Crippen LogP contribution is 2.37. The van der Waals surface area contributed by atoms with Gasteiger partial charge in [-0.3, -0.25) is 9.59 Å². The van der Waals surface area contributed by atoms with Gasteiger partial charge < -0.3 is 14.6 Å². The summed E-state index contributed by atoms with van der Waals surface area (Å²) in [6.45, 7) is 16.5. The Morgan fingerprint density at radius 3 is 1.89 bits per heavy atom. The van der Waals surface area contributed by atoms with Gasteiger partial charge in [-0.2, -0.15) is 0 Å². The van der Waals surface area contributed by atoms with Crippen LogP contribution in [0.5, 0.6) is 0 Å². The van der Waals surface area contributed by atoms with Gasteiger partial charge in [0.25, 0.3) is 12.9 Å². The van der Waals surface area contributed by atoms with Crippen LogP contribution in [0.4, 0.5) is 0 Å². The summed E-state index contributed by atoms with van der Waals surface area (Å²) in [5, 5.41) is 8.04. The summed E-state index contributed by atoms with van der Waals surface area (Å²) < 4.78 is 9.70. The summed E-state index contributed by atoms with van der Waals surface area (Å²) >= 11 is 0. The van der Waals surface area contributed by atoms with Gasteiger partial charge in [0.1, 0.15) is 0 Å². The average molecular weight is 503 g/mol. The zero-order chi connectivity index (χ0) is 27.2. The molecular formula is C31H50O5. The van der Waals surface area contributed by atoms with E-state index in [0.717, 1.165) is 17.9 Å². The highest BCUT2D eigenvalue weighted by atomic mass is 16.5. The smallest absolute Gasteiger partial charge is 0.293 e. The molecule has 1 aromatic carbocycles. The van der Waals surface area contributed by atoms with E-state index in [1.54, 1.807) is 6.92 Å². The number of aliphatic hydroxyl groups excluding tert-OH is 1. The molecule has 1 aliphatic rings. The molecule has 0 radical (unpaired) electrons. The van der Waals surface area contributed by atoms with Crippen molar-refractivity contribution in [2.75, 3.05) is 19.8 Å². The molecule has 0 unspecified atom stereocenters. The molecule has 0 heterocycles. The summed E-state index contributed by atoms with van der Waals surface area (Å²) in [5.74, 6) is 1.61. The van der Waals surface area contributed by atoms with E-state index >= 15 is 0 Å². The van der Waals surface area contributed by atoms with E-state index in [0.29, 0.717) is 18.9 Å². The molecule has 0 amide bonds. The molecule has 0 spiro atoms. The zero-order valence-corrected chi connectivity index (χ0v) is 23.2. The topological polar surface area (TPSA) is 72.8 Å². The van der Waals surface area contributed by atoms with Gasteiger partial charge in [-0.1, -0.05) is 74.6 Å². The number of benzene rings is 1. The molecule has 1 fully saturated rings. The number of hydrogen-bond acceptors (Lipinski definition) is 5. The number of carbonyl (C=O) groups excluding carboxylic acids is 2. The van der Waals surface area contributed by atoms with Gasteiger partial charge in [-0.25, -0.2) is 0 Å². The summed E-state index contributed by atoms with van der Waals surface area (Å²) in [5.41, 5.74) is 4.60. The van der Waals surface area contributed by atoms with Crippen molar-refractivity contribution in [2.24, 2.45) is 11.8 Å². The lowest BCUT2D eigenvalue weighted by atomic mass is 9.77. The van der Waals surface area contributed by atoms with Crippen LogP contribution in [0, 0.1) is 11.8 Å². The quantitative estimate of drug-likeness (QED) is 0.166. The Hall–Kier alpha value is -2.40. The molecule has 0 aromatic heterocycles. The monoisotopic (exact) mass is 502 g/mol. The minimum Gasteiger partial charge on any atom is -0.467 e. The summed E-state index contributed by atoms with van der Waals surface area (Å²) in [7, 11) is 0. The molecule has 1 N–H and O–H groups in total. The number of rotatable bonds is 14. The lowest BCUT2D eigenvalue weighted by Gasteiger charge is -2.29. The van der Waals surface area contributed by atoms with Crippen molar-refractivity contribution in [2.45, 2.75) is 91.4 Å². The van der Waals surface area contributed by atoms with E-state index in [9.17, 15) is 9.59 Å². The predicted molar refractivity (Wildman–Crippen MR) is 149 cm³/mol. The van der Waals surface area contributed by atoms with Crippen LogP contribution in [-0.4, -0.2) is 37.9 Å². The molecule has 5 heteroatoms. The Morgan fingerprint density at radius 1 is 0.972 bits per heavy atom. The highest BCUT2D eigenvalue weighted by Gasteiger charge is 2.22. The van der Waals surface area contributed by atoms with E-state index in [2.05, 4.69) is 44.3 Å². The molecule has 204 valence electrons. The third kappa shape index (κ3) is 18.0. The fraction of sp³-hybridized carbons (Fsp3) is 0.613.